The molecule has 1 amide bonds. The standard InChI is InChI=1S/C20H23N3O2/c1-14-7-5-8-16(13-14)25-12-6-11-19(24)21-15(2)20-22-17-9-3-4-10-18(17)23-20/h3-5,7-10,13,15H,6,11-12H2,1-2H3,(H,21,24)(H,22,23). The van der Waals surface area contributed by atoms with Gasteiger partial charge in [-0.1, -0.05) is 24.3 Å². The zero-order valence-corrected chi connectivity index (χ0v) is 14.6. The van der Waals surface area contributed by atoms with E-state index >= 15 is 0 Å². The monoisotopic (exact) mass is 337 g/mol. The first-order valence-electron chi connectivity index (χ1n) is 8.55. The van der Waals surface area contributed by atoms with Crippen molar-refractivity contribution in [2.24, 2.45) is 0 Å². The van der Waals surface area contributed by atoms with Gasteiger partial charge >= 0.3 is 0 Å². The molecule has 0 aliphatic carbocycles. The van der Waals surface area contributed by atoms with Gasteiger partial charge in [-0.25, -0.2) is 4.98 Å². The van der Waals surface area contributed by atoms with E-state index < -0.39 is 0 Å². The van der Waals surface area contributed by atoms with Crippen LogP contribution in [0.1, 0.15) is 37.2 Å². The van der Waals surface area contributed by atoms with Gasteiger partial charge in [0.2, 0.25) is 5.91 Å². The molecular weight excluding hydrogens is 314 g/mol. The highest BCUT2D eigenvalue weighted by molar-refractivity contribution is 5.77. The van der Waals surface area contributed by atoms with Crippen LogP contribution in [0, 0.1) is 6.92 Å². The van der Waals surface area contributed by atoms with Crippen molar-refractivity contribution in [1.29, 1.82) is 0 Å². The number of ether oxygens (including phenoxy) is 1. The quantitative estimate of drug-likeness (QED) is 0.642. The normalized spacial score (nSPS) is 12.1. The highest BCUT2D eigenvalue weighted by Crippen LogP contribution is 2.16. The molecule has 2 aromatic carbocycles. The van der Waals surface area contributed by atoms with Crippen molar-refractivity contribution in [3.8, 4) is 5.75 Å². The van der Waals surface area contributed by atoms with Crippen molar-refractivity contribution < 1.29 is 9.53 Å². The van der Waals surface area contributed by atoms with Crippen LogP contribution in [-0.4, -0.2) is 22.5 Å². The second kappa shape index (κ2) is 7.83. The van der Waals surface area contributed by atoms with Crippen molar-refractivity contribution in [1.82, 2.24) is 15.3 Å². The Morgan fingerprint density at radius 1 is 1.24 bits per heavy atom. The number of carbonyl (C=O) groups is 1. The average Bonchev–Trinajstić information content (AvgIpc) is 3.03. The van der Waals surface area contributed by atoms with Gasteiger partial charge in [-0.05, 0) is 50.1 Å². The van der Waals surface area contributed by atoms with E-state index in [0.717, 1.165) is 28.2 Å². The third-order valence-electron chi connectivity index (χ3n) is 4.00. The Labute approximate surface area is 147 Å². The number of aromatic amines is 1. The van der Waals surface area contributed by atoms with Gasteiger partial charge in [-0.3, -0.25) is 4.79 Å². The summed E-state index contributed by atoms with van der Waals surface area (Å²) in [7, 11) is 0. The number of para-hydroxylation sites is 2. The number of nitrogens with zero attached hydrogens (tertiary/aromatic N) is 1. The maximum absolute atomic E-state index is 12.1. The molecule has 3 aromatic rings. The number of amides is 1. The SMILES string of the molecule is Cc1cccc(OCCCC(=O)NC(C)c2nc3ccccc3[nH]2)c1. The second-order valence-corrected chi connectivity index (χ2v) is 6.20. The minimum atomic E-state index is -0.155. The number of benzene rings is 2. The molecule has 0 saturated carbocycles. The lowest BCUT2D eigenvalue weighted by Gasteiger charge is -2.11. The van der Waals surface area contributed by atoms with Gasteiger partial charge in [0.05, 0.1) is 23.7 Å². The number of hydrogen-bond acceptors (Lipinski definition) is 3. The molecule has 0 saturated heterocycles. The molecule has 0 aliphatic rings. The molecule has 1 unspecified atom stereocenters. The van der Waals surface area contributed by atoms with Crippen molar-refractivity contribution in [3.63, 3.8) is 0 Å². The minimum Gasteiger partial charge on any atom is -0.494 e. The largest absolute Gasteiger partial charge is 0.494 e. The number of H-pyrrole nitrogens is 1. The lowest BCUT2D eigenvalue weighted by molar-refractivity contribution is -0.122. The number of nitrogens with one attached hydrogen (secondary N) is 2. The van der Waals surface area contributed by atoms with Crippen LogP contribution >= 0.6 is 0 Å². The van der Waals surface area contributed by atoms with E-state index in [1.807, 2.05) is 62.4 Å². The van der Waals surface area contributed by atoms with Gasteiger partial charge in [0.1, 0.15) is 11.6 Å². The molecule has 0 spiro atoms. The molecule has 1 atom stereocenters. The first-order chi connectivity index (χ1) is 12.1. The van der Waals surface area contributed by atoms with Gasteiger partial charge in [0, 0.05) is 6.42 Å². The molecule has 130 valence electrons. The predicted octanol–water partition coefficient (Wildman–Crippen LogP) is 3.91. The van der Waals surface area contributed by atoms with Crippen molar-refractivity contribution in [2.45, 2.75) is 32.7 Å². The van der Waals surface area contributed by atoms with Crippen molar-refractivity contribution in [2.75, 3.05) is 6.61 Å². The molecule has 2 N–H and O–H groups in total. The van der Waals surface area contributed by atoms with E-state index in [1.54, 1.807) is 0 Å². The van der Waals surface area contributed by atoms with Gasteiger partial charge < -0.3 is 15.0 Å². The van der Waals surface area contributed by atoms with E-state index in [0.29, 0.717) is 19.4 Å². The zero-order chi connectivity index (χ0) is 17.6. The van der Waals surface area contributed by atoms with Crippen LogP contribution < -0.4 is 10.1 Å². The van der Waals surface area contributed by atoms with Crippen LogP contribution in [-0.2, 0) is 4.79 Å². The number of aromatic nitrogens is 2. The van der Waals surface area contributed by atoms with E-state index in [2.05, 4.69) is 15.3 Å². The number of aryl methyl sites for hydroxylation is 1. The lowest BCUT2D eigenvalue weighted by atomic mass is 10.2. The van der Waals surface area contributed by atoms with E-state index in [1.165, 1.54) is 0 Å². The third kappa shape index (κ3) is 4.59. The molecule has 1 aromatic heterocycles. The Balaban J connectivity index is 1.44. The van der Waals surface area contributed by atoms with Gasteiger partial charge in [-0.15, -0.1) is 0 Å². The highest BCUT2D eigenvalue weighted by Gasteiger charge is 2.13. The first-order valence-corrected chi connectivity index (χ1v) is 8.55. The van der Waals surface area contributed by atoms with Gasteiger partial charge in [0.25, 0.3) is 0 Å². The molecule has 5 heteroatoms. The molecule has 3 rings (SSSR count). The van der Waals surface area contributed by atoms with E-state index in [4.69, 9.17) is 4.74 Å². The fourth-order valence-electron chi connectivity index (χ4n) is 2.69. The summed E-state index contributed by atoms with van der Waals surface area (Å²) in [6.07, 6.45) is 1.10. The predicted molar refractivity (Wildman–Crippen MR) is 98.6 cm³/mol. The smallest absolute Gasteiger partial charge is 0.220 e. The average molecular weight is 337 g/mol. The summed E-state index contributed by atoms with van der Waals surface area (Å²) >= 11 is 0. The topological polar surface area (TPSA) is 67.0 Å². The number of rotatable bonds is 7. The fourth-order valence-corrected chi connectivity index (χ4v) is 2.69. The van der Waals surface area contributed by atoms with Crippen molar-refractivity contribution >= 4 is 16.9 Å². The maximum atomic E-state index is 12.1. The third-order valence-corrected chi connectivity index (χ3v) is 4.00. The fraction of sp³-hybridized carbons (Fsp3) is 0.300. The highest BCUT2D eigenvalue weighted by atomic mass is 16.5. The Kier molecular flexibility index (Phi) is 5.33. The number of fused-ring (bicyclic) bond motifs is 1. The van der Waals surface area contributed by atoms with Crippen LogP contribution in [0.25, 0.3) is 11.0 Å². The number of hydrogen-bond donors (Lipinski definition) is 2. The summed E-state index contributed by atoms with van der Waals surface area (Å²) in [6, 6.07) is 15.6. The summed E-state index contributed by atoms with van der Waals surface area (Å²) in [5.41, 5.74) is 3.05. The molecule has 1 heterocycles. The van der Waals surface area contributed by atoms with Crippen LogP contribution in [0.5, 0.6) is 5.75 Å². The van der Waals surface area contributed by atoms with E-state index in [9.17, 15) is 4.79 Å². The summed E-state index contributed by atoms with van der Waals surface area (Å²) in [5.74, 6) is 1.61. The molecule has 0 aliphatic heterocycles. The molecular formula is C20H23N3O2. The summed E-state index contributed by atoms with van der Waals surface area (Å²) < 4.78 is 5.67. The molecule has 5 nitrogen and oxygen atoms in total. The molecule has 0 radical (unpaired) electrons. The number of carbonyl (C=O) groups excluding carboxylic acids is 1. The molecule has 0 fully saturated rings. The zero-order valence-electron chi connectivity index (χ0n) is 14.6. The van der Waals surface area contributed by atoms with Crippen LogP contribution in [0.15, 0.2) is 48.5 Å². The first kappa shape index (κ1) is 17.0. The van der Waals surface area contributed by atoms with Gasteiger partial charge in [0.15, 0.2) is 0 Å². The summed E-state index contributed by atoms with van der Waals surface area (Å²) in [5, 5.41) is 2.98. The molecule has 0 bridgehead atoms. The Hall–Kier alpha value is -2.82. The minimum absolute atomic E-state index is 0.000739. The second-order valence-electron chi connectivity index (χ2n) is 6.20. The van der Waals surface area contributed by atoms with Crippen LogP contribution in [0.3, 0.4) is 0 Å². The number of imidazole rings is 1. The Morgan fingerprint density at radius 2 is 2.08 bits per heavy atom. The van der Waals surface area contributed by atoms with Crippen LogP contribution in [0.4, 0.5) is 0 Å². The summed E-state index contributed by atoms with van der Waals surface area (Å²) in [6.45, 7) is 4.48. The Morgan fingerprint density at radius 3 is 2.88 bits per heavy atom. The van der Waals surface area contributed by atoms with Gasteiger partial charge in [-0.2, -0.15) is 0 Å². The Bertz CT molecular complexity index is 824. The van der Waals surface area contributed by atoms with Crippen molar-refractivity contribution in [3.05, 3.63) is 59.9 Å². The van der Waals surface area contributed by atoms with E-state index in [-0.39, 0.29) is 11.9 Å². The summed E-state index contributed by atoms with van der Waals surface area (Å²) in [4.78, 5) is 19.9. The molecule has 25 heavy (non-hydrogen) atoms. The lowest BCUT2D eigenvalue weighted by Crippen LogP contribution is -2.27. The maximum Gasteiger partial charge on any atom is 0.220 e. The van der Waals surface area contributed by atoms with Crippen LogP contribution in [0.2, 0.25) is 0 Å².